The second-order valence-electron chi connectivity index (χ2n) is 11.1. The Morgan fingerprint density at radius 3 is 1.82 bits per heavy atom. The van der Waals surface area contributed by atoms with Gasteiger partial charge in [-0.15, -0.1) is 0 Å². The maximum atomic E-state index is 8.65. The van der Waals surface area contributed by atoms with Crippen molar-refractivity contribution in [3.8, 4) is 22.3 Å². The molecule has 0 atom stereocenters. The Balaban J connectivity index is 1.18. The molecule has 0 radical (unpaired) electrons. The highest BCUT2D eigenvalue weighted by atomic mass is 15.3. The molecule has 45 heavy (non-hydrogen) atoms. The number of hydrogen-bond acceptors (Lipinski definition) is 4. The van der Waals surface area contributed by atoms with Crippen molar-refractivity contribution < 1.29 is 0 Å². The van der Waals surface area contributed by atoms with E-state index in [0.717, 1.165) is 33.3 Å². The zero-order valence-corrected chi connectivity index (χ0v) is 24.4. The number of fused-ring (bicyclic) bond motifs is 3. The molecule has 212 valence electrons. The van der Waals surface area contributed by atoms with Gasteiger partial charge in [0.15, 0.2) is 0 Å². The highest BCUT2D eigenvalue weighted by molar-refractivity contribution is 6.52. The molecule has 0 saturated carbocycles. The van der Waals surface area contributed by atoms with Crippen molar-refractivity contribution in [2.45, 2.75) is 0 Å². The lowest BCUT2D eigenvalue weighted by molar-refractivity contribution is 1.34. The molecule has 6 aromatic carbocycles. The monoisotopic (exact) mass is 576 g/mol. The summed E-state index contributed by atoms with van der Waals surface area (Å²) >= 11 is 0. The number of hydrazone groups is 1. The van der Waals surface area contributed by atoms with E-state index in [4.69, 9.17) is 5.41 Å². The Hall–Kier alpha value is -6.13. The molecule has 0 unspecified atom stereocenters. The van der Waals surface area contributed by atoms with E-state index in [1.807, 2.05) is 48.8 Å². The first-order valence-corrected chi connectivity index (χ1v) is 15.0. The lowest BCUT2D eigenvalue weighted by Gasteiger charge is -2.19. The summed E-state index contributed by atoms with van der Waals surface area (Å²) in [6, 6.07) is 44.3. The van der Waals surface area contributed by atoms with Crippen molar-refractivity contribution in [1.82, 2.24) is 4.98 Å². The van der Waals surface area contributed by atoms with Crippen molar-refractivity contribution in [1.29, 1.82) is 5.41 Å². The van der Waals surface area contributed by atoms with Crippen molar-refractivity contribution >= 4 is 55.0 Å². The minimum absolute atomic E-state index is 0.360. The predicted molar refractivity (Wildman–Crippen MR) is 190 cm³/mol. The number of nitrogens with zero attached hydrogens (tertiary/aromatic N) is 2. The lowest BCUT2D eigenvalue weighted by atomic mass is 9.84. The highest BCUT2D eigenvalue weighted by Crippen LogP contribution is 2.42. The van der Waals surface area contributed by atoms with Gasteiger partial charge < -0.3 is 0 Å². The second-order valence-corrected chi connectivity index (χ2v) is 11.1. The first-order valence-electron chi connectivity index (χ1n) is 15.0. The largest absolute Gasteiger partial charge is 0.299 e. The lowest BCUT2D eigenvalue weighted by Crippen LogP contribution is -2.14. The molecule has 0 aliphatic heterocycles. The standard InChI is InChI=1S/C41H28N4/c42-38-23-20-29(24-39(38)45-44-31-21-18-27(19-22-31)37-26-43-25-30-12-4-5-13-32(30)37)41-35-16-8-6-14-33(35)40(28-10-2-1-3-11-28)34-15-7-9-17-36(34)41/h1-26,42,44H. The van der Waals surface area contributed by atoms with Gasteiger partial charge in [-0.1, -0.05) is 121 Å². The van der Waals surface area contributed by atoms with Crippen LogP contribution in [0.15, 0.2) is 163 Å². The van der Waals surface area contributed by atoms with Crippen LogP contribution in [-0.4, -0.2) is 16.4 Å². The van der Waals surface area contributed by atoms with Gasteiger partial charge in [0.2, 0.25) is 0 Å². The molecule has 1 aromatic heterocycles. The third-order valence-electron chi connectivity index (χ3n) is 8.45. The summed E-state index contributed by atoms with van der Waals surface area (Å²) in [4.78, 5) is 4.43. The van der Waals surface area contributed by atoms with Gasteiger partial charge in [0, 0.05) is 23.3 Å². The Bertz CT molecular complexity index is 2280. The van der Waals surface area contributed by atoms with Crippen LogP contribution in [0.5, 0.6) is 0 Å². The molecule has 0 fully saturated rings. The van der Waals surface area contributed by atoms with Gasteiger partial charge >= 0.3 is 0 Å². The van der Waals surface area contributed by atoms with E-state index in [2.05, 4.69) is 125 Å². The smallest absolute Gasteiger partial charge is 0.109 e. The number of benzene rings is 6. The fourth-order valence-corrected chi connectivity index (χ4v) is 6.33. The molecule has 7 aromatic rings. The zero-order chi connectivity index (χ0) is 30.2. The van der Waals surface area contributed by atoms with E-state index in [-0.39, 0.29) is 0 Å². The SMILES string of the molecule is N=C1C=CC(c2c3ccccc3c(-c3ccccc3)c3ccccc23)=CC1=NNc1ccc(-c2cncc3ccccc23)cc1. The number of pyridine rings is 1. The molecule has 1 aliphatic rings. The normalized spacial score (nSPS) is 13.9. The molecule has 4 nitrogen and oxygen atoms in total. The van der Waals surface area contributed by atoms with Gasteiger partial charge in [-0.05, 0) is 79.0 Å². The van der Waals surface area contributed by atoms with Crippen molar-refractivity contribution in [3.05, 3.63) is 164 Å². The van der Waals surface area contributed by atoms with Gasteiger partial charge in [-0.2, -0.15) is 5.10 Å². The first-order chi connectivity index (χ1) is 22.2. The number of hydrogen-bond donors (Lipinski definition) is 2. The molecule has 1 aliphatic carbocycles. The second kappa shape index (κ2) is 11.2. The van der Waals surface area contributed by atoms with Gasteiger partial charge in [0.05, 0.1) is 11.4 Å². The van der Waals surface area contributed by atoms with Crippen LogP contribution in [0, 0.1) is 5.41 Å². The molecule has 0 saturated heterocycles. The minimum atomic E-state index is 0.360. The molecule has 8 rings (SSSR count). The van der Waals surface area contributed by atoms with Gasteiger partial charge in [-0.3, -0.25) is 15.8 Å². The summed E-state index contributed by atoms with van der Waals surface area (Å²) < 4.78 is 0. The number of aromatic nitrogens is 1. The van der Waals surface area contributed by atoms with Crippen LogP contribution in [0.25, 0.3) is 60.1 Å². The summed E-state index contributed by atoms with van der Waals surface area (Å²) in [5, 5.41) is 20.4. The summed E-state index contributed by atoms with van der Waals surface area (Å²) in [5.74, 6) is 0. The van der Waals surface area contributed by atoms with E-state index < -0.39 is 0 Å². The van der Waals surface area contributed by atoms with Crippen LogP contribution in [0.2, 0.25) is 0 Å². The number of nitrogens with one attached hydrogen (secondary N) is 2. The fraction of sp³-hybridized carbons (Fsp3) is 0. The average molecular weight is 577 g/mol. The molecular formula is C41H28N4. The Labute approximate surface area is 261 Å². The van der Waals surface area contributed by atoms with E-state index >= 15 is 0 Å². The van der Waals surface area contributed by atoms with Gasteiger partial charge in [0.1, 0.15) is 5.71 Å². The number of rotatable bonds is 5. The third-order valence-corrected chi connectivity index (χ3v) is 8.45. The van der Waals surface area contributed by atoms with E-state index in [1.165, 1.54) is 38.1 Å². The summed E-state index contributed by atoms with van der Waals surface area (Å²) in [6.45, 7) is 0. The molecule has 0 spiro atoms. The summed E-state index contributed by atoms with van der Waals surface area (Å²) in [7, 11) is 0. The van der Waals surface area contributed by atoms with E-state index in [9.17, 15) is 0 Å². The van der Waals surface area contributed by atoms with Crippen LogP contribution in [-0.2, 0) is 0 Å². The van der Waals surface area contributed by atoms with Crippen LogP contribution in [0.4, 0.5) is 5.69 Å². The Kier molecular flexibility index (Phi) is 6.58. The highest BCUT2D eigenvalue weighted by Gasteiger charge is 2.19. The number of anilines is 1. The van der Waals surface area contributed by atoms with Gasteiger partial charge in [-0.25, -0.2) is 0 Å². The average Bonchev–Trinajstić information content (AvgIpc) is 3.10. The molecule has 1 heterocycles. The van der Waals surface area contributed by atoms with E-state index in [1.54, 1.807) is 0 Å². The Morgan fingerprint density at radius 1 is 0.533 bits per heavy atom. The van der Waals surface area contributed by atoms with Crippen molar-refractivity contribution in [2.24, 2.45) is 5.10 Å². The summed E-state index contributed by atoms with van der Waals surface area (Å²) in [5.41, 5.74) is 11.8. The zero-order valence-electron chi connectivity index (χ0n) is 24.4. The number of allylic oxidation sites excluding steroid dienone is 4. The van der Waals surface area contributed by atoms with Crippen LogP contribution in [0.1, 0.15) is 5.56 Å². The molecular weight excluding hydrogens is 548 g/mol. The minimum Gasteiger partial charge on any atom is -0.299 e. The van der Waals surface area contributed by atoms with Gasteiger partial charge in [0.25, 0.3) is 0 Å². The van der Waals surface area contributed by atoms with Crippen LogP contribution in [0.3, 0.4) is 0 Å². The third kappa shape index (κ3) is 4.79. The molecule has 2 N–H and O–H groups in total. The van der Waals surface area contributed by atoms with Crippen LogP contribution < -0.4 is 5.43 Å². The topological polar surface area (TPSA) is 61.1 Å². The predicted octanol–water partition coefficient (Wildman–Crippen LogP) is 10.3. The van der Waals surface area contributed by atoms with Crippen molar-refractivity contribution in [3.63, 3.8) is 0 Å². The van der Waals surface area contributed by atoms with E-state index in [0.29, 0.717) is 11.4 Å². The quantitative estimate of drug-likeness (QED) is 0.122. The van der Waals surface area contributed by atoms with Crippen LogP contribution >= 0.6 is 0 Å². The molecule has 4 heteroatoms. The van der Waals surface area contributed by atoms with Crippen molar-refractivity contribution in [2.75, 3.05) is 5.43 Å². The summed E-state index contributed by atoms with van der Waals surface area (Å²) in [6.07, 6.45) is 9.68. The Morgan fingerprint density at radius 2 is 1.13 bits per heavy atom. The maximum Gasteiger partial charge on any atom is 0.109 e. The molecule has 0 amide bonds. The maximum absolute atomic E-state index is 8.65. The molecule has 0 bridgehead atoms. The first kappa shape index (κ1) is 26.5. The fourth-order valence-electron chi connectivity index (χ4n) is 6.33.